The molecule has 0 bridgehead atoms. The lowest BCUT2D eigenvalue weighted by molar-refractivity contribution is -0.132. The van der Waals surface area contributed by atoms with Gasteiger partial charge in [0.2, 0.25) is 11.8 Å². The second kappa shape index (κ2) is 7.95. The molecule has 1 aliphatic rings. The molecule has 0 aliphatic carbocycles. The van der Waals surface area contributed by atoms with E-state index < -0.39 is 23.8 Å². The van der Waals surface area contributed by atoms with Crippen LogP contribution in [0.4, 0.5) is 16.2 Å². The molecule has 30 heavy (non-hydrogen) atoms. The van der Waals surface area contributed by atoms with E-state index in [0.717, 1.165) is 26.5 Å². The summed E-state index contributed by atoms with van der Waals surface area (Å²) in [4.78, 5) is 42.4. The molecule has 0 N–H and O–H groups in total. The van der Waals surface area contributed by atoms with Crippen LogP contribution in [0, 0.1) is 19.8 Å². The zero-order valence-corrected chi connectivity index (χ0v) is 16.9. The van der Waals surface area contributed by atoms with Gasteiger partial charge >= 0.3 is 6.03 Å². The van der Waals surface area contributed by atoms with Crippen LogP contribution in [-0.4, -0.2) is 17.8 Å². The average molecular weight is 398 g/mol. The minimum absolute atomic E-state index is 0.233. The first-order valence-corrected chi connectivity index (χ1v) is 9.85. The highest BCUT2D eigenvalue weighted by molar-refractivity contribution is 6.36. The summed E-state index contributed by atoms with van der Waals surface area (Å²) in [6.07, 6.45) is 0.233. The topological polar surface area (TPSA) is 57.7 Å². The van der Waals surface area contributed by atoms with E-state index in [-0.39, 0.29) is 6.42 Å². The third kappa shape index (κ3) is 3.62. The van der Waals surface area contributed by atoms with Crippen LogP contribution in [0.15, 0.2) is 78.9 Å². The first-order chi connectivity index (χ1) is 14.5. The summed E-state index contributed by atoms with van der Waals surface area (Å²) in [6, 6.07) is 23.1. The molecule has 150 valence electrons. The van der Waals surface area contributed by atoms with Gasteiger partial charge in [0.1, 0.15) is 5.92 Å². The van der Waals surface area contributed by atoms with Crippen molar-refractivity contribution in [2.24, 2.45) is 5.92 Å². The molecule has 4 amide bonds. The lowest BCUT2D eigenvalue weighted by atomic mass is 9.94. The van der Waals surface area contributed by atoms with Gasteiger partial charge in [-0.15, -0.1) is 0 Å². The van der Waals surface area contributed by atoms with Gasteiger partial charge < -0.3 is 0 Å². The van der Waals surface area contributed by atoms with Gasteiger partial charge in [0.25, 0.3) is 0 Å². The summed E-state index contributed by atoms with van der Waals surface area (Å²) in [5, 5.41) is 0. The van der Waals surface area contributed by atoms with Crippen molar-refractivity contribution in [3.63, 3.8) is 0 Å². The van der Waals surface area contributed by atoms with Crippen LogP contribution < -0.4 is 9.80 Å². The normalized spacial score (nSPS) is 15.1. The van der Waals surface area contributed by atoms with E-state index in [2.05, 4.69) is 0 Å². The van der Waals surface area contributed by atoms with Crippen LogP contribution >= 0.6 is 0 Å². The second-order valence-electron chi connectivity index (χ2n) is 7.55. The molecule has 0 saturated carbocycles. The van der Waals surface area contributed by atoms with E-state index in [1.807, 2.05) is 56.3 Å². The molecular weight excluding hydrogens is 376 g/mol. The molecule has 0 unspecified atom stereocenters. The Morgan fingerprint density at radius 3 is 1.63 bits per heavy atom. The highest BCUT2D eigenvalue weighted by atomic mass is 16.2. The van der Waals surface area contributed by atoms with Gasteiger partial charge in [-0.3, -0.25) is 9.59 Å². The number of hydrogen-bond donors (Lipinski definition) is 0. The summed E-state index contributed by atoms with van der Waals surface area (Å²) < 4.78 is 0. The van der Waals surface area contributed by atoms with Crippen molar-refractivity contribution in [3.8, 4) is 0 Å². The molecule has 1 aliphatic heterocycles. The molecule has 5 nitrogen and oxygen atoms in total. The van der Waals surface area contributed by atoms with Crippen molar-refractivity contribution < 1.29 is 14.4 Å². The molecular formula is C25H22N2O3. The molecule has 1 heterocycles. The van der Waals surface area contributed by atoms with Gasteiger partial charge in [0.05, 0.1) is 11.4 Å². The van der Waals surface area contributed by atoms with Crippen LogP contribution in [0.2, 0.25) is 0 Å². The first kappa shape index (κ1) is 19.6. The van der Waals surface area contributed by atoms with Crippen molar-refractivity contribution in [1.82, 2.24) is 0 Å². The van der Waals surface area contributed by atoms with Crippen molar-refractivity contribution in [3.05, 3.63) is 95.6 Å². The zero-order valence-electron chi connectivity index (χ0n) is 16.9. The second-order valence-corrected chi connectivity index (χ2v) is 7.55. The highest BCUT2D eigenvalue weighted by Crippen LogP contribution is 2.31. The maximum absolute atomic E-state index is 13.4. The Morgan fingerprint density at radius 1 is 0.667 bits per heavy atom. The molecule has 0 atom stereocenters. The SMILES string of the molecule is Cc1cccc(N2C(=O)C(Cc3ccccc3)C(=O)N(c3cccc(C)c3)C2=O)c1. The molecule has 3 aromatic carbocycles. The third-order valence-corrected chi connectivity index (χ3v) is 5.22. The maximum Gasteiger partial charge on any atom is 0.342 e. The Kier molecular flexibility index (Phi) is 5.19. The number of carbonyl (C=O) groups excluding carboxylic acids is 3. The molecule has 4 rings (SSSR count). The van der Waals surface area contributed by atoms with Crippen LogP contribution in [0.1, 0.15) is 16.7 Å². The number of aryl methyl sites for hydroxylation is 2. The van der Waals surface area contributed by atoms with Crippen LogP contribution in [0.5, 0.6) is 0 Å². The van der Waals surface area contributed by atoms with Gasteiger partial charge in [0, 0.05) is 0 Å². The van der Waals surface area contributed by atoms with E-state index in [1.54, 1.807) is 36.4 Å². The highest BCUT2D eigenvalue weighted by Gasteiger charge is 2.47. The predicted molar refractivity (Wildman–Crippen MR) is 116 cm³/mol. The largest absolute Gasteiger partial charge is 0.342 e. The summed E-state index contributed by atoms with van der Waals surface area (Å²) in [6.45, 7) is 3.79. The minimum Gasteiger partial charge on any atom is -0.273 e. The standard InChI is InChI=1S/C25H22N2O3/c1-17-8-6-12-20(14-17)26-23(28)22(16-19-10-4-3-5-11-19)24(29)27(25(26)30)21-13-7-9-18(2)15-21/h3-15,22H,16H2,1-2H3. The number of rotatable bonds is 4. The Hall–Kier alpha value is -3.73. The lowest BCUT2D eigenvalue weighted by Crippen LogP contribution is -2.61. The van der Waals surface area contributed by atoms with Gasteiger partial charge in [-0.2, -0.15) is 0 Å². The number of anilines is 2. The Morgan fingerprint density at radius 2 is 1.17 bits per heavy atom. The smallest absolute Gasteiger partial charge is 0.273 e. The summed E-state index contributed by atoms with van der Waals surface area (Å²) >= 11 is 0. The quantitative estimate of drug-likeness (QED) is 0.601. The van der Waals surface area contributed by atoms with Crippen molar-refractivity contribution in [2.45, 2.75) is 20.3 Å². The molecule has 0 spiro atoms. The monoisotopic (exact) mass is 398 g/mol. The number of amides is 4. The summed E-state index contributed by atoms with van der Waals surface area (Å²) in [7, 11) is 0. The van der Waals surface area contributed by atoms with Crippen LogP contribution in [-0.2, 0) is 16.0 Å². The van der Waals surface area contributed by atoms with Gasteiger partial charge in [-0.25, -0.2) is 14.6 Å². The number of hydrogen-bond acceptors (Lipinski definition) is 3. The molecule has 0 aromatic heterocycles. The number of imide groups is 2. The Bertz CT molecular complexity index is 1060. The Labute approximate surface area is 175 Å². The van der Waals surface area contributed by atoms with E-state index in [0.29, 0.717) is 11.4 Å². The van der Waals surface area contributed by atoms with Crippen molar-refractivity contribution in [2.75, 3.05) is 9.80 Å². The summed E-state index contributed by atoms with van der Waals surface area (Å²) in [5.74, 6) is -1.97. The Balaban J connectivity index is 1.81. The lowest BCUT2D eigenvalue weighted by Gasteiger charge is -2.37. The number of carbonyl (C=O) groups is 3. The van der Waals surface area contributed by atoms with Gasteiger partial charge in [-0.1, -0.05) is 54.6 Å². The number of barbiturate groups is 1. The number of nitrogens with zero attached hydrogens (tertiary/aromatic N) is 2. The third-order valence-electron chi connectivity index (χ3n) is 5.22. The molecule has 5 heteroatoms. The fourth-order valence-corrected chi connectivity index (χ4v) is 3.74. The van der Waals surface area contributed by atoms with E-state index >= 15 is 0 Å². The summed E-state index contributed by atoms with van der Waals surface area (Å²) in [5.41, 5.74) is 3.65. The maximum atomic E-state index is 13.4. The van der Waals surface area contributed by atoms with Crippen LogP contribution in [0.3, 0.4) is 0 Å². The van der Waals surface area contributed by atoms with Gasteiger partial charge in [-0.05, 0) is 61.2 Å². The van der Waals surface area contributed by atoms with E-state index in [9.17, 15) is 14.4 Å². The van der Waals surface area contributed by atoms with Gasteiger partial charge in [0.15, 0.2) is 0 Å². The predicted octanol–water partition coefficient (Wildman–Crippen LogP) is 4.66. The molecule has 3 aromatic rings. The minimum atomic E-state index is -0.980. The molecule has 1 fully saturated rings. The average Bonchev–Trinajstić information content (AvgIpc) is 2.72. The number of benzene rings is 3. The molecule has 0 radical (unpaired) electrons. The van der Waals surface area contributed by atoms with Crippen molar-refractivity contribution in [1.29, 1.82) is 0 Å². The number of urea groups is 1. The van der Waals surface area contributed by atoms with Crippen LogP contribution in [0.25, 0.3) is 0 Å². The first-order valence-electron chi connectivity index (χ1n) is 9.85. The van der Waals surface area contributed by atoms with E-state index in [1.165, 1.54) is 0 Å². The van der Waals surface area contributed by atoms with Crippen molar-refractivity contribution >= 4 is 29.2 Å². The fourth-order valence-electron chi connectivity index (χ4n) is 3.74. The molecule has 1 saturated heterocycles. The van der Waals surface area contributed by atoms with E-state index in [4.69, 9.17) is 0 Å². The zero-order chi connectivity index (χ0) is 21.3. The fraction of sp³-hybridized carbons (Fsp3) is 0.160.